The number of nitrogens with one attached hydrogen (secondary N) is 1. The Balaban J connectivity index is 3.84. The van der Waals surface area contributed by atoms with Crippen LogP contribution in [0.4, 0.5) is 0 Å². The highest BCUT2D eigenvalue weighted by Gasteiger charge is 2.13. The molecule has 0 rings (SSSR count). The maximum absolute atomic E-state index is 11.2. The summed E-state index contributed by atoms with van der Waals surface area (Å²) < 4.78 is 20.8. The standard InChI is InChI=1S/C9H19N2O5P/c1-5-9(12)10-8-16-17(13,14)15-7-6-11(2,3)4/h5H,1,6-8H2,2-4H3,(H-,10,12,13,14). The Morgan fingerprint density at radius 2 is 2.06 bits per heavy atom. The van der Waals surface area contributed by atoms with E-state index in [-0.39, 0.29) is 6.61 Å². The van der Waals surface area contributed by atoms with E-state index in [1.807, 2.05) is 21.1 Å². The lowest BCUT2D eigenvalue weighted by Crippen LogP contribution is -2.37. The van der Waals surface area contributed by atoms with Crippen LogP contribution in [0, 0.1) is 0 Å². The van der Waals surface area contributed by atoms with Crippen molar-refractivity contribution in [2.75, 3.05) is 41.0 Å². The number of rotatable bonds is 8. The maximum Gasteiger partial charge on any atom is 0.269 e. The third kappa shape index (κ3) is 10.2. The van der Waals surface area contributed by atoms with Gasteiger partial charge in [-0.3, -0.25) is 13.9 Å². The fourth-order valence-electron chi connectivity index (χ4n) is 0.718. The Bertz CT molecular complexity index is 313. The minimum atomic E-state index is -4.35. The van der Waals surface area contributed by atoms with Crippen molar-refractivity contribution in [3.8, 4) is 0 Å². The van der Waals surface area contributed by atoms with Gasteiger partial charge in [-0.15, -0.1) is 0 Å². The molecule has 0 bridgehead atoms. The normalized spacial score (nSPS) is 15.1. The van der Waals surface area contributed by atoms with Crippen LogP contribution in [-0.2, 0) is 18.4 Å². The molecule has 0 aliphatic rings. The summed E-state index contributed by atoms with van der Waals surface area (Å²) in [4.78, 5) is 21.9. The average Bonchev–Trinajstić information content (AvgIpc) is 2.14. The molecule has 1 N–H and O–H groups in total. The third-order valence-electron chi connectivity index (χ3n) is 1.67. The smallest absolute Gasteiger partial charge is 0.269 e. The number of phosphoric acid groups is 1. The van der Waals surface area contributed by atoms with Crippen LogP contribution in [0.3, 0.4) is 0 Å². The second-order valence-electron chi connectivity index (χ2n) is 4.31. The summed E-state index contributed by atoms with van der Waals surface area (Å²) in [5.41, 5.74) is 0. The van der Waals surface area contributed by atoms with Crippen LogP contribution >= 0.6 is 7.82 Å². The van der Waals surface area contributed by atoms with E-state index in [4.69, 9.17) is 0 Å². The predicted molar refractivity (Wildman–Crippen MR) is 60.7 cm³/mol. The molecule has 0 aromatic rings. The summed E-state index contributed by atoms with van der Waals surface area (Å²) in [5.74, 6) is -0.517. The first-order chi connectivity index (χ1) is 7.66. The van der Waals surface area contributed by atoms with Gasteiger partial charge in [0.2, 0.25) is 5.91 Å². The van der Waals surface area contributed by atoms with Crippen molar-refractivity contribution in [1.29, 1.82) is 0 Å². The number of phosphoric ester groups is 1. The molecule has 0 spiro atoms. The molecule has 7 nitrogen and oxygen atoms in total. The minimum Gasteiger partial charge on any atom is -0.756 e. The molecule has 0 aliphatic heterocycles. The summed E-state index contributed by atoms with van der Waals surface area (Å²) in [6.07, 6.45) is 1.01. The molecule has 0 aliphatic carbocycles. The van der Waals surface area contributed by atoms with Gasteiger partial charge in [0.25, 0.3) is 7.82 Å². The Labute approximate surface area is 101 Å². The Hall–Kier alpha value is -0.720. The summed E-state index contributed by atoms with van der Waals surface area (Å²) in [6.45, 7) is 3.29. The lowest BCUT2D eigenvalue weighted by Gasteiger charge is -2.27. The molecule has 0 saturated carbocycles. The molecule has 8 heteroatoms. The molecule has 0 radical (unpaired) electrons. The summed E-state index contributed by atoms with van der Waals surface area (Å²) >= 11 is 0. The zero-order valence-corrected chi connectivity index (χ0v) is 11.2. The zero-order chi connectivity index (χ0) is 13.5. The summed E-state index contributed by atoms with van der Waals surface area (Å²) in [7, 11) is 1.37. The van der Waals surface area contributed by atoms with Crippen LogP contribution in [-0.4, -0.2) is 51.4 Å². The molecular weight excluding hydrogens is 247 g/mol. The van der Waals surface area contributed by atoms with E-state index in [2.05, 4.69) is 20.9 Å². The van der Waals surface area contributed by atoms with Crippen LogP contribution in [0.25, 0.3) is 0 Å². The first-order valence-corrected chi connectivity index (χ1v) is 6.43. The first kappa shape index (κ1) is 16.3. The van der Waals surface area contributed by atoms with Gasteiger partial charge in [-0.2, -0.15) is 0 Å². The molecule has 0 saturated heterocycles. The quantitative estimate of drug-likeness (QED) is 0.276. The highest BCUT2D eigenvalue weighted by molar-refractivity contribution is 7.45. The maximum atomic E-state index is 11.2. The van der Waals surface area contributed by atoms with Gasteiger partial charge >= 0.3 is 0 Å². The number of hydrogen-bond acceptors (Lipinski definition) is 5. The van der Waals surface area contributed by atoms with Gasteiger partial charge < -0.3 is 19.2 Å². The highest BCUT2D eigenvalue weighted by Crippen LogP contribution is 2.37. The monoisotopic (exact) mass is 266 g/mol. The average molecular weight is 266 g/mol. The minimum absolute atomic E-state index is 0.0275. The van der Waals surface area contributed by atoms with Crippen molar-refractivity contribution in [2.24, 2.45) is 0 Å². The number of nitrogens with zero attached hydrogens (tertiary/aromatic N) is 1. The molecule has 0 aromatic carbocycles. The fraction of sp³-hybridized carbons (Fsp3) is 0.667. The molecule has 1 amide bonds. The summed E-state index contributed by atoms with van der Waals surface area (Å²) in [6, 6.07) is 0. The van der Waals surface area contributed by atoms with E-state index in [0.29, 0.717) is 11.0 Å². The number of amides is 1. The van der Waals surface area contributed by atoms with E-state index in [1.165, 1.54) is 0 Å². The molecular formula is C9H19N2O5P. The van der Waals surface area contributed by atoms with Crippen LogP contribution in [0.2, 0.25) is 0 Å². The number of carbonyl (C=O) groups is 1. The number of carbonyl (C=O) groups excluding carboxylic acids is 1. The van der Waals surface area contributed by atoms with Crippen molar-refractivity contribution in [1.82, 2.24) is 5.32 Å². The van der Waals surface area contributed by atoms with E-state index in [1.54, 1.807) is 0 Å². The molecule has 1 atom stereocenters. The number of hydrogen-bond donors (Lipinski definition) is 1. The van der Waals surface area contributed by atoms with Crippen LogP contribution in [0.1, 0.15) is 0 Å². The van der Waals surface area contributed by atoms with Gasteiger partial charge in [0.15, 0.2) is 0 Å². The molecule has 0 aromatic heterocycles. The second-order valence-corrected chi connectivity index (χ2v) is 5.72. The van der Waals surface area contributed by atoms with Crippen molar-refractivity contribution in [3.05, 3.63) is 12.7 Å². The Morgan fingerprint density at radius 1 is 1.47 bits per heavy atom. The largest absolute Gasteiger partial charge is 0.756 e. The van der Waals surface area contributed by atoms with Crippen LogP contribution in [0.5, 0.6) is 0 Å². The Morgan fingerprint density at radius 3 is 2.53 bits per heavy atom. The predicted octanol–water partition coefficient (Wildman–Crippen LogP) is -0.546. The molecule has 100 valence electrons. The van der Waals surface area contributed by atoms with Gasteiger partial charge in [-0.05, 0) is 6.08 Å². The molecule has 17 heavy (non-hydrogen) atoms. The fourth-order valence-corrected chi connectivity index (χ4v) is 1.32. The number of likely N-dealkylation sites (N-methyl/N-ethyl adjacent to an activating group) is 1. The lowest BCUT2D eigenvalue weighted by molar-refractivity contribution is -0.870. The first-order valence-electron chi connectivity index (χ1n) is 4.97. The van der Waals surface area contributed by atoms with Crippen molar-refractivity contribution in [3.63, 3.8) is 0 Å². The lowest BCUT2D eigenvalue weighted by atomic mass is 10.5. The van der Waals surface area contributed by atoms with Crippen molar-refractivity contribution < 1.29 is 27.8 Å². The van der Waals surface area contributed by atoms with Gasteiger partial charge in [0.05, 0.1) is 21.1 Å². The number of quaternary nitrogens is 1. The summed E-state index contributed by atoms with van der Waals surface area (Å²) in [5, 5.41) is 2.16. The third-order valence-corrected chi connectivity index (χ3v) is 2.61. The van der Waals surface area contributed by atoms with Gasteiger partial charge in [0.1, 0.15) is 19.9 Å². The Kier molecular flexibility index (Phi) is 6.59. The second kappa shape index (κ2) is 6.88. The van der Waals surface area contributed by atoms with E-state index < -0.39 is 20.5 Å². The zero-order valence-electron chi connectivity index (χ0n) is 10.3. The van der Waals surface area contributed by atoms with Crippen LogP contribution < -0.4 is 10.2 Å². The van der Waals surface area contributed by atoms with E-state index in [9.17, 15) is 14.3 Å². The SMILES string of the molecule is C=CC(=O)NCOP(=O)([O-])OCC[N+](C)(C)C. The van der Waals surface area contributed by atoms with Crippen LogP contribution in [0.15, 0.2) is 12.7 Å². The van der Waals surface area contributed by atoms with E-state index in [0.717, 1.165) is 6.08 Å². The van der Waals surface area contributed by atoms with Gasteiger partial charge in [0, 0.05) is 0 Å². The van der Waals surface area contributed by atoms with E-state index >= 15 is 0 Å². The van der Waals surface area contributed by atoms with Gasteiger partial charge in [-0.1, -0.05) is 6.58 Å². The topological polar surface area (TPSA) is 87.7 Å². The van der Waals surface area contributed by atoms with Crippen molar-refractivity contribution in [2.45, 2.75) is 0 Å². The highest BCUT2D eigenvalue weighted by atomic mass is 31.2. The molecule has 0 heterocycles. The van der Waals surface area contributed by atoms with Crippen molar-refractivity contribution >= 4 is 13.7 Å². The van der Waals surface area contributed by atoms with Gasteiger partial charge in [-0.25, -0.2) is 0 Å². The molecule has 1 unspecified atom stereocenters. The molecule has 0 fully saturated rings.